The zero-order chi connectivity index (χ0) is 19.1. The van der Waals surface area contributed by atoms with Gasteiger partial charge in [-0.2, -0.15) is 0 Å². The number of hydrogen-bond acceptors (Lipinski definition) is 5. The Hall–Kier alpha value is -2.89. The van der Waals surface area contributed by atoms with Crippen LogP contribution in [0.5, 0.6) is 0 Å². The molecule has 4 rings (SSSR count). The Morgan fingerprint density at radius 1 is 1.19 bits per heavy atom. The molecule has 0 spiro atoms. The lowest BCUT2D eigenvalue weighted by atomic mass is 9.72. The number of rotatable bonds is 2. The Morgan fingerprint density at radius 2 is 1.93 bits per heavy atom. The lowest BCUT2D eigenvalue weighted by Crippen LogP contribution is -2.50. The molecular weight excluding hydrogens is 344 g/mol. The van der Waals surface area contributed by atoms with Gasteiger partial charge < -0.3 is 15.0 Å². The number of esters is 1. The van der Waals surface area contributed by atoms with Gasteiger partial charge >= 0.3 is 5.97 Å². The van der Waals surface area contributed by atoms with E-state index < -0.39 is 11.9 Å². The van der Waals surface area contributed by atoms with E-state index in [4.69, 9.17) is 4.74 Å². The van der Waals surface area contributed by atoms with E-state index in [1.54, 1.807) is 0 Å². The fourth-order valence-corrected chi connectivity index (χ4v) is 4.40. The molecule has 0 bridgehead atoms. The summed E-state index contributed by atoms with van der Waals surface area (Å²) < 4.78 is 5.04. The van der Waals surface area contributed by atoms with Crippen molar-refractivity contribution in [2.24, 2.45) is 5.92 Å². The molecule has 1 amide bonds. The van der Waals surface area contributed by atoms with Crippen LogP contribution in [0.3, 0.4) is 0 Å². The predicted octanol–water partition coefficient (Wildman–Crippen LogP) is 1.90. The molecule has 2 aliphatic heterocycles. The lowest BCUT2D eigenvalue weighted by molar-refractivity contribution is -0.137. The highest BCUT2D eigenvalue weighted by Crippen LogP contribution is 2.47. The highest BCUT2D eigenvalue weighted by atomic mass is 16.5. The Labute approximate surface area is 157 Å². The number of carbonyl (C=O) groups excluding carboxylic acids is 3. The van der Waals surface area contributed by atoms with Crippen molar-refractivity contribution in [3.63, 3.8) is 0 Å². The Morgan fingerprint density at radius 3 is 2.63 bits per heavy atom. The highest BCUT2D eigenvalue weighted by molar-refractivity contribution is 6.09. The van der Waals surface area contributed by atoms with Gasteiger partial charge in [0.15, 0.2) is 5.78 Å². The third kappa shape index (κ3) is 2.76. The zero-order valence-electron chi connectivity index (χ0n) is 15.5. The number of allylic oxidation sites excluding steroid dienone is 2. The molecule has 1 aromatic carbocycles. The van der Waals surface area contributed by atoms with Gasteiger partial charge in [0, 0.05) is 36.7 Å². The van der Waals surface area contributed by atoms with Crippen molar-refractivity contribution < 1.29 is 19.1 Å². The first-order chi connectivity index (χ1) is 13.0. The van der Waals surface area contributed by atoms with Crippen LogP contribution < -0.4 is 5.32 Å². The standard InChI is InChI=1S/C21H22N2O4/c1-12-10-14-17(15(24)11-12)16(13-6-4-3-5-7-13)18(21(26)27-2)19-20(25)22-8-9-23(14)19/h3-7,12,16H,8-11H2,1-2H3,(H,22,25)/t12-,16+/m1/s1. The van der Waals surface area contributed by atoms with Crippen LogP contribution in [-0.4, -0.2) is 42.8 Å². The first-order valence-electron chi connectivity index (χ1n) is 9.22. The van der Waals surface area contributed by atoms with Crippen molar-refractivity contribution in [2.75, 3.05) is 20.2 Å². The number of carbonyl (C=O) groups is 3. The molecule has 2 atom stereocenters. The summed E-state index contributed by atoms with van der Waals surface area (Å²) in [6.45, 7) is 3.07. The first-order valence-corrected chi connectivity index (χ1v) is 9.22. The monoisotopic (exact) mass is 366 g/mol. The summed E-state index contributed by atoms with van der Waals surface area (Å²) in [6.07, 6.45) is 1.17. The molecule has 0 aromatic heterocycles. The van der Waals surface area contributed by atoms with Crippen molar-refractivity contribution >= 4 is 17.7 Å². The molecule has 1 N–H and O–H groups in total. The summed E-state index contributed by atoms with van der Waals surface area (Å²) in [4.78, 5) is 40.5. The van der Waals surface area contributed by atoms with Crippen LogP contribution in [0.15, 0.2) is 52.9 Å². The maximum atomic E-state index is 13.1. The van der Waals surface area contributed by atoms with E-state index in [1.807, 2.05) is 42.2 Å². The summed E-state index contributed by atoms with van der Waals surface area (Å²) in [7, 11) is 1.30. The van der Waals surface area contributed by atoms with E-state index >= 15 is 0 Å². The molecule has 1 aliphatic carbocycles. The van der Waals surface area contributed by atoms with Crippen molar-refractivity contribution in [3.05, 3.63) is 58.4 Å². The third-order valence-corrected chi connectivity index (χ3v) is 5.49. The largest absolute Gasteiger partial charge is 0.466 e. The minimum absolute atomic E-state index is 0.0454. The van der Waals surface area contributed by atoms with E-state index in [0.29, 0.717) is 30.8 Å². The zero-order valence-corrected chi connectivity index (χ0v) is 15.5. The normalized spacial score (nSPS) is 25.0. The van der Waals surface area contributed by atoms with E-state index in [-0.39, 0.29) is 23.2 Å². The number of hydrogen-bond donors (Lipinski definition) is 1. The van der Waals surface area contributed by atoms with Gasteiger partial charge in [0.1, 0.15) is 5.70 Å². The Balaban J connectivity index is 2.01. The van der Waals surface area contributed by atoms with E-state index in [2.05, 4.69) is 5.32 Å². The first kappa shape index (κ1) is 17.5. The molecule has 1 fully saturated rings. The maximum absolute atomic E-state index is 13.1. The summed E-state index contributed by atoms with van der Waals surface area (Å²) in [5.41, 5.74) is 2.91. The van der Waals surface area contributed by atoms with E-state index in [9.17, 15) is 14.4 Å². The topological polar surface area (TPSA) is 75.7 Å². The van der Waals surface area contributed by atoms with Crippen molar-refractivity contribution in [2.45, 2.75) is 25.7 Å². The second-order valence-corrected chi connectivity index (χ2v) is 7.30. The summed E-state index contributed by atoms with van der Waals surface area (Å²) in [6, 6.07) is 9.41. The van der Waals surface area contributed by atoms with Crippen LogP contribution >= 0.6 is 0 Å². The predicted molar refractivity (Wildman–Crippen MR) is 98.4 cm³/mol. The van der Waals surface area contributed by atoms with Gasteiger partial charge in [0.25, 0.3) is 5.91 Å². The fraction of sp³-hybridized carbons (Fsp3) is 0.381. The summed E-state index contributed by atoms with van der Waals surface area (Å²) >= 11 is 0. The van der Waals surface area contributed by atoms with Crippen LogP contribution in [0.1, 0.15) is 31.2 Å². The number of amides is 1. The molecule has 2 heterocycles. The second kappa shape index (κ2) is 6.68. The van der Waals surface area contributed by atoms with Gasteiger partial charge in [-0.05, 0) is 17.9 Å². The Kier molecular flexibility index (Phi) is 4.34. The molecule has 0 unspecified atom stereocenters. The molecular formula is C21H22N2O4. The number of ketones is 1. The van der Waals surface area contributed by atoms with Gasteiger partial charge in [-0.3, -0.25) is 9.59 Å². The summed E-state index contributed by atoms with van der Waals surface area (Å²) in [5, 5.41) is 2.83. The highest BCUT2D eigenvalue weighted by Gasteiger charge is 2.46. The number of fused-ring (bicyclic) bond motifs is 2. The van der Waals surface area contributed by atoms with Gasteiger partial charge in [-0.1, -0.05) is 37.3 Å². The van der Waals surface area contributed by atoms with Crippen molar-refractivity contribution in [3.8, 4) is 0 Å². The number of Topliss-reactive ketones (excluding diaryl/α,β-unsaturated/α-hetero) is 1. The number of nitrogens with zero attached hydrogens (tertiary/aromatic N) is 1. The van der Waals surface area contributed by atoms with Gasteiger partial charge in [0.05, 0.1) is 12.7 Å². The quantitative estimate of drug-likeness (QED) is 0.809. The molecule has 0 radical (unpaired) electrons. The Bertz CT molecular complexity index is 885. The number of benzene rings is 1. The molecule has 1 saturated heterocycles. The molecule has 6 nitrogen and oxygen atoms in total. The number of nitrogens with one attached hydrogen (secondary N) is 1. The molecule has 1 aromatic rings. The van der Waals surface area contributed by atoms with Crippen LogP contribution in [0.25, 0.3) is 0 Å². The van der Waals surface area contributed by atoms with Crippen LogP contribution in [0.2, 0.25) is 0 Å². The molecule has 140 valence electrons. The van der Waals surface area contributed by atoms with Crippen LogP contribution in [0, 0.1) is 5.92 Å². The SMILES string of the molecule is COC(=O)C1=C2C(=O)NCCN2C2=C(C(=O)C[C@H](C)C2)[C@@H]1c1ccccc1. The van der Waals surface area contributed by atoms with Crippen molar-refractivity contribution in [1.82, 2.24) is 10.2 Å². The molecule has 3 aliphatic rings. The van der Waals surface area contributed by atoms with Crippen LogP contribution in [0.4, 0.5) is 0 Å². The average molecular weight is 366 g/mol. The molecule has 0 saturated carbocycles. The molecule has 27 heavy (non-hydrogen) atoms. The third-order valence-electron chi connectivity index (χ3n) is 5.49. The number of ether oxygens (including phenoxy) is 1. The minimum atomic E-state index is -0.580. The van der Waals surface area contributed by atoms with Crippen molar-refractivity contribution in [1.29, 1.82) is 0 Å². The molecule has 6 heteroatoms. The fourth-order valence-electron chi connectivity index (χ4n) is 4.40. The number of methoxy groups -OCH3 is 1. The smallest absolute Gasteiger partial charge is 0.337 e. The average Bonchev–Trinajstić information content (AvgIpc) is 2.67. The van der Waals surface area contributed by atoms with E-state index in [0.717, 1.165) is 17.7 Å². The minimum Gasteiger partial charge on any atom is -0.466 e. The number of piperazine rings is 1. The summed E-state index contributed by atoms with van der Waals surface area (Å²) in [5.74, 6) is -1.19. The maximum Gasteiger partial charge on any atom is 0.337 e. The lowest BCUT2D eigenvalue weighted by Gasteiger charge is -2.44. The van der Waals surface area contributed by atoms with Gasteiger partial charge in [-0.25, -0.2) is 4.79 Å². The van der Waals surface area contributed by atoms with Gasteiger partial charge in [0.2, 0.25) is 0 Å². The van der Waals surface area contributed by atoms with E-state index in [1.165, 1.54) is 7.11 Å². The second-order valence-electron chi connectivity index (χ2n) is 7.30. The van der Waals surface area contributed by atoms with Crippen LogP contribution in [-0.2, 0) is 19.1 Å². The van der Waals surface area contributed by atoms with Gasteiger partial charge in [-0.15, -0.1) is 0 Å².